The van der Waals surface area contributed by atoms with Gasteiger partial charge in [0.2, 0.25) is 4.96 Å². The molecule has 0 saturated heterocycles. The van der Waals surface area contributed by atoms with Crippen LogP contribution in [0.2, 0.25) is 0 Å². The van der Waals surface area contributed by atoms with Crippen LogP contribution in [0.4, 0.5) is 5.69 Å². The maximum absolute atomic E-state index is 13.5. The number of rotatable bonds is 7. The zero-order valence-electron chi connectivity index (χ0n) is 18.3. The second-order valence-electron chi connectivity index (χ2n) is 8.14. The summed E-state index contributed by atoms with van der Waals surface area (Å²) in [6.07, 6.45) is 5.62. The summed E-state index contributed by atoms with van der Waals surface area (Å²) < 4.78 is 2.68. The Kier molecular flexibility index (Phi) is 6.12. The minimum atomic E-state index is -0.297. The summed E-state index contributed by atoms with van der Waals surface area (Å²) in [5, 5.41) is 4.43. The largest absolute Gasteiger partial charge is 0.308 e. The maximum atomic E-state index is 13.5. The van der Waals surface area contributed by atoms with Crippen LogP contribution in [0.3, 0.4) is 0 Å². The average Bonchev–Trinajstić information content (AvgIpc) is 3.45. The minimum absolute atomic E-state index is 0.110. The molecule has 3 heterocycles. The van der Waals surface area contributed by atoms with Gasteiger partial charge in [0.1, 0.15) is 4.53 Å². The number of hydrogen-bond donors (Lipinski definition) is 0. The number of benzene rings is 2. The molecule has 2 aromatic carbocycles. The summed E-state index contributed by atoms with van der Waals surface area (Å²) in [6, 6.07) is 15.3. The van der Waals surface area contributed by atoms with E-state index in [0.29, 0.717) is 27.4 Å². The van der Waals surface area contributed by atoms with Crippen molar-refractivity contribution < 1.29 is 4.79 Å². The van der Waals surface area contributed by atoms with Gasteiger partial charge in [0, 0.05) is 22.1 Å². The van der Waals surface area contributed by atoms with Gasteiger partial charge in [-0.1, -0.05) is 90.2 Å². The van der Waals surface area contributed by atoms with Crippen LogP contribution in [0, 0.1) is 0 Å². The molecule has 2 aromatic heterocycles. The van der Waals surface area contributed by atoms with Crippen molar-refractivity contribution in [2.24, 2.45) is 0 Å². The quantitative estimate of drug-likeness (QED) is 0.326. The molecule has 8 heteroatoms. The predicted octanol–water partition coefficient (Wildman–Crippen LogP) is 4.82. The Morgan fingerprint density at radius 1 is 0.970 bits per heavy atom. The van der Waals surface area contributed by atoms with Gasteiger partial charge < -0.3 is 4.90 Å². The number of unbranched alkanes of at least 4 members (excludes halogenated alkanes) is 4. The standard InChI is InChI=1S/C25H23BrN4O2S/c1-2-3-4-5-8-15-29-19-10-7-6-9-18(19)20(23(29)31)21-24(32)30-25(33-21)27-22(28-30)16-11-13-17(26)14-12-16/h6-7,9-14H,2-5,8,15H2,1H3/b21-20-. The van der Waals surface area contributed by atoms with Crippen molar-refractivity contribution >= 4 is 49.4 Å². The van der Waals surface area contributed by atoms with Gasteiger partial charge in [0.05, 0.1) is 11.3 Å². The van der Waals surface area contributed by atoms with Crippen LogP contribution in [0.25, 0.3) is 21.9 Å². The van der Waals surface area contributed by atoms with Crippen LogP contribution in [0.1, 0.15) is 44.6 Å². The van der Waals surface area contributed by atoms with Crippen LogP contribution < -0.4 is 15.0 Å². The summed E-state index contributed by atoms with van der Waals surface area (Å²) in [6.45, 7) is 2.85. The Balaban J connectivity index is 1.54. The molecule has 0 atom stereocenters. The zero-order chi connectivity index (χ0) is 22.9. The normalized spacial score (nSPS) is 15.0. The van der Waals surface area contributed by atoms with Gasteiger partial charge in [-0.15, -0.1) is 5.10 Å². The van der Waals surface area contributed by atoms with Gasteiger partial charge in [-0.3, -0.25) is 9.59 Å². The van der Waals surface area contributed by atoms with Gasteiger partial charge >= 0.3 is 0 Å². The number of aromatic nitrogens is 3. The van der Waals surface area contributed by atoms with E-state index in [2.05, 4.69) is 32.9 Å². The lowest BCUT2D eigenvalue weighted by Crippen LogP contribution is -2.33. The Bertz CT molecular complexity index is 1440. The summed E-state index contributed by atoms with van der Waals surface area (Å²) in [4.78, 5) is 33.6. The lowest BCUT2D eigenvalue weighted by atomic mass is 10.1. The van der Waals surface area contributed by atoms with Crippen LogP contribution in [-0.4, -0.2) is 27.0 Å². The second-order valence-corrected chi connectivity index (χ2v) is 10.0. The summed E-state index contributed by atoms with van der Waals surface area (Å²) in [5.41, 5.74) is 2.69. The van der Waals surface area contributed by atoms with E-state index in [1.807, 2.05) is 53.4 Å². The van der Waals surface area contributed by atoms with Gasteiger partial charge in [0.25, 0.3) is 11.5 Å². The molecule has 1 aliphatic rings. The number of anilines is 1. The molecule has 0 spiro atoms. The first-order valence-corrected chi connectivity index (χ1v) is 12.8. The number of para-hydroxylation sites is 1. The van der Waals surface area contributed by atoms with Crippen molar-refractivity contribution in [2.75, 3.05) is 11.4 Å². The third-order valence-electron chi connectivity index (χ3n) is 5.90. The molecule has 33 heavy (non-hydrogen) atoms. The van der Waals surface area contributed by atoms with Crippen molar-refractivity contribution in [2.45, 2.75) is 39.0 Å². The molecule has 1 aliphatic heterocycles. The molecule has 0 unspecified atom stereocenters. The number of carbonyl (C=O) groups excluding carboxylic acids is 1. The predicted molar refractivity (Wildman–Crippen MR) is 136 cm³/mol. The van der Waals surface area contributed by atoms with Crippen LogP contribution in [0.5, 0.6) is 0 Å². The molecular weight excluding hydrogens is 500 g/mol. The molecule has 0 saturated carbocycles. The SMILES string of the molecule is CCCCCCCN1C(=O)/C(=c2\sc3nc(-c4ccc(Br)cc4)nn3c2=O)c2ccccc21. The first-order valence-electron chi connectivity index (χ1n) is 11.2. The minimum Gasteiger partial charge on any atom is -0.308 e. The summed E-state index contributed by atoms with van der Waals surface area (Å²) in [7, 11) is 0. The third-order valence-corrected chi connectivity index (χ3v) is 7.45. The highest BCUT2D eigenvalue weighted by molar-refractivity contribution is 9.10. The molecule has 4 aromatic rings. The highest BCUT2D eigenvalue weighted by Crippen LogP contribution is 2.35. The van der Waals surface area contributed by atoms with Crippen LogP contribution in [0.15, 0.2) is 57.8 Å². The lowest BCUT2D eigenvalue weighted by molar-refractivity contribution is -0.113. The molecule has 0 N–H and O–H groups in total. The topological polar surface area (TPSA) is 67.6 Å². The van der Waals surface area contributed by atoms with E-state index in [9.17, 15) is 9.59 Å². The maximum Gasteiger partial charge on any atom is 0.291 e. The highest BCUT2D eigenvalue weighted by Gasteiger charge is 2.33. The van der Waals surface area contributed by atoms with Crippen LogP contribution >= 0.6 is 27.3 Å². The van der Waals surface area contributed by atoms with E-state index in [4.69, 9.17) is 0 Å². The van der Waals surface area contributed by atoms with E-state index in [1.54, 1.807) is 0 Å². The second kappa shape index (κ2) is 9.19. The fourth-order valence-electron chi connectivity index (χ4n) is 4.20. The Hall–Kier alpha value is -2.84. The molecule has 1 amide bonds. The summed E-state index contributed by atoms with van der Waals surface area (Å²) >= 11 is 4.65. The third kappa shape index (κ3) is 4.02. The number of amides is 1. The number of carbonyl (C=O) groups is 1. The van der Waals surface area contributed by atoms with Crippen molar-refractivity contribution in [3.8, 4) is 11.4 Å². The van der Waals surface area contributed by atoms with Crippen LogP contribution in [-0.2, 0) is 4.79 Å². The first-order chi connectivity index (χ1) is 16.1. The monoisotopic (exact) mass is 522 g/mol. The molecule has 0 bridgehead atoms. The molecule has 168 valence electrons. The fraction of sp³-hybridized carbons (Fsp3) is 0.280. The number of thiazole rings is 1. The number of fused-ring (bicyclic) bond motifs is 2. The molecule has 6 nitrogen and oxygen atoms in total. The molecule has 0 fully saturated rings. The highest BCUT2D eigenvalue weighted by atomic mass is 79.9. The van der Waals surface area contributed by atoms with E-state index < -0.39 is 0 Å². The van der Waals surface area contributed by atoms with Gasteiger partial charge in [-0.25, -0.2) is 0 Å². The van der Waals surface area contributed by atoms with E-state index >= 15 is 0 Å². The number of halogens is 1. The van der Waals surface area contributed by atoms with Crippen molar-refractivity contribution in [3.05, 3.63) is 73.5 Å². The van der Waals surface area contributed by atoms with Crippen molar-refractivity contribution in [3.63, 3.8) is 0 Å². The zero-order valence-corrected chi connectivity index (χ0v) is 20.7. The van der Waals surface area contributed by atoms with Gasteiger partial charge in [-0.2, -0.15) is 9.50 Å². The van der Waals surface area contributed by atoms with E-state index in [1.165, 1.54) is 35.1 Å². The Morgan fingerprint density at radius 2 is 1.73 bits per heavy atom. The number of hydrogen-bond acceptors (Lipinski definition) is 5. The molecule has 0 radical (unpaired) electrons. The van der Waals surface area contributed by atoms with Gasteiger partial charge in [0.15, 0.2) is 5.82 Å². The fourth-order valence-corrected chi connectivity index (χ4v) is 5.46. The molecule has 5 rings (SSSR count). The Labute approximate surface area is 203 Å². The van der Waals surface area contributed by atoms with Crippen molar-refractivity contribution in [1.29, 1.82) is 0 Å². The van der Waals surface area contributed by atoms with Gasteiger partial charge in [-0.05, 0) is 24.6 Å². The first kappa shape index (κ1) is 22.0. The number of nitrogens with zero attached hydrogens (tertiary/aromatic N) is 4. The summed E-state index contributed by atoms with van der Waals surface area (Å²) in [5.74, 6) is 0.385. The molecular formula is C25H23BrN4O2S. The lowest BCUT2D eigenvalue weighted by Gasteiger charge is -2.16. The smallest absolute Gasteiger partial charge is 0.291 e. The average molecular weight is 523 g/mol. The molecule has 0 aliphatic carbocycles. The van der Waals surface area contributed by atoms with E-state index in [-0.39, 0.29) is 11.5 Å². The van der Waals surface area contributed by atoms with Crippen molar-refractivity contribution in [1.82, 2.24) is 14.6 Å². The Morgan fingerprint density at radius 3 is 2.48 bits per heavy atom. The van der Waals surface area contributed by atoms with E-state index in [0.717, 1.165) is 34.1 Å².